The van der Waals surface area contributed by atoms with E-state index >= 15 is 0 Å². The Morgan fingerprint density at radius 2 is 1.92 bits per heavy atom. The van der Waals surface area contributed by atoms with Gasteiger partial charge in [0.1, 0.15) is 5.60 Å². The van der Waals surface area contributed by atoms with Gasteiger partial charge in [0.15, 0.2) is 5.82 Å². The number of carbonyl (C=O) groups excluding carboxylic acids is 1. The standard InChI is InChI=1S/C19H25N3O4/c1-18(2,3)25-17(24)22-11-9-19(10-12-22,15-20-16(23)26-21-15)13-14-7-5-4-6-8-14/h4-8H,9-13H2,1-3H3,(H,20,21,23). The number of nitrogens with zero attached hydrogens (tertiary/aromatic N) is 2. The number of likely N-dealkylation sites (tertiary alicyclic amines) is 1. The Kier molecular flexibility index (Phi) is 4.89. The van der Waals surface area contributed by atoms with Gasteiger partial charge in [-0.2, -0.15) is 0 Å². The van der Waals surface area contributed by atoms with Gasteiger partial charge < -0.3 is 9.64 Å². The van der Waals surface area contributed by atoms with Crippen LogP contribution in [-0.2, 0) is 16.6 Å². The van der Waals surface area contributed by atoms with Crippen LogP contribution in [0.4, 0.5) is 4.79 Å². The summed E-state index contributed by atoms with van der Waals surface area (Å²) in [5.74, 6) is -0.00259. The molecule has 0 unspecified atom stereocenters. The number of piperidine rings is 1. The molecular weight excluding hydrogens is 334 g/mol. The van der Waals surface area contributed by atoms with Crippen LogP contribution >= 0.6 is 0 Å². The molecule has 1 aromatic heterocycles. The van der Waals surface area contributed by atoms with Crippen molar-refractivity contribution in [1.29, 1.82) is 0 Å². The summed E-state index contributed by atoms with van der Waals surface area (Å²) in [4.78, 5) is 28.3. The summed E-state index contributed by atoms with van der Waals surface area (Å²) in [6.07, 6.45) is 1.76. The Labute approximate surface area is 152 Å². The molecule has 7 heteroatoms. The quantitative estimate of drug-likeness (QED) is 0.910. The molecule has 1 saturated heterocycles. The minimum atomic E-state index is -0.554. The second-order valence-electron chi connectivity index (χ2n) is 7.85. The zero-order chi connectivity index (χ0) is 18.8. The number of rotatable bonds is 3. The lowest BCUT2D eigenvalue weighted by Crippen LogP contribution is -2.48. The molecular formula is C19H25N3O4. The number of aromatic amines is 1. The molecule has 3 rings (SSSR count). The number of ether oxygens (including phenoxy) is 1. The molecule has 26 heavy (non-hydrogen) atoms. The van der Waals surface area contributed by atoms with E-state index < -0.39 is 11.4 Å². The van der Waals surface area contributed by atoms with Gasteiger partial charge >= 0.3 is 11.8 Å². The second kappa shape index (κ2) is 6.97. The molecule has 0 bridgehead atoms. The van der Waals surface area contributed by atoms with E-state index in [0.717, 1.165) is 12.0 Å². The Morgan fingerprint density at radius 1 is 1.27 bits per heavy atom. The molecule has 0 radical (unpaired) electrons. The Balaban J connectivity index is 1.79. The van der Waals surface area contributed by atoms with E-state index in [1.54, 1.807) is 4.90 Å². The monoisotopic (exact) mass is 359 g/mol. The van der Waals surface area contributed by atoms with Gasteiger partial charge in [0.05, 0.1) is 0 Å². The van der Waals surface area contributed by atoms with Crippen molar-refractivity contribution in [2.24, 2.45) is 0 Å². The first kappa shape index (κ1) is 18.2. The van der Waals surface area contributed by atoms with E-state index in [1.165, 1.54) is 0 Å². The average molecular weight is 359 g/mol. The van der Waals surface area contributed by atoms with E-state index in [1.807, 2.05) is 39.0 Å². The van der Waals surface area contributed by atoms with Gasteiger partial charge in [0, 0.05) is 18.5 Å². The van der Waals surface area contributed by atoms with Gasteiger partial charge in [0.2, 0.25) is 0 Å². The van der Waals surface area contributed by atoms with Crippen LogP contribution < -0.4 is 5.76 Å². The highest BCUT2D eigenvalue weighted by Crippen LogP contribution is 2.37. The number of hydrogen-bond acceptors (Lipinski definition) is 5. The van der Waals surface area contributed by atoms with Crippen LogP contribution in [0.25, 0.3) is 0 Å². The number of nitrogens with one attached hydrogen (secondary N) is 1. The van der Waals surface area contributed by atoms with E-state index in [-0.39, 0.29) is 11.5 Å². The van der Waals surface area contributed by atoms with Crippen molar-refractivity contribution in [1.82, 2.24) is 15.0 Å². The number of hydrogen-bond donors (Lipinski definition) is 1. The summed E-state index contributed by atoms with van der Waals surface area (Å²) in [5.41, 5.74) is 0.265. The molecule has 7 nitrogen and oxygen atoms in total. The van der Waals surface area contributed by atoms with Crippen molar-refractivity contribution in [2.75, 3.05) is 13.1 Å². The van der Waals surface area contributed by atoms with Gasteiger partial charge in [-0.05, 0) is 45.6 Å². The van der Waals surface area contributed by atoms with E-state index in [0.29, 0.717) is 31.8 Å². The number of aromatic nitrogens is 2. The second-order valence-corrected chi connectivity index (χ2v) is 7.85. The predicted molar refractivity (Wildman–Crippen MR) is 96.0 cm³/mol. The fourth-order valence-electron chi connectivity index (χ4n) is 3.39. The summed E-state index contributed by atoms with van der Waals surface area (Å²) in [7, 11) is 0. The van der Waals surface area contributed by atoms with Gasteiger partial charge in [-0.25, -0.2) is 9.59 Å². The smallest absolute Gasteiger partial charge is 0.438 e. The van der Waals surface area contributed by atoms with Crippen LogP contribution in [0, 0.1) is 0 Å². The largest absolute Gasteiger partial charge is 0.444 e. The summed E-state index contributed by atoms with van der Waals surface area (Å²) >= 11 is 0. The third-order valence-corrected chi connectivity index (χ3v) is 4.70. The maximum Gasteiger partial charge on any atom is 0.438 e. The topological polar surface area (TPSA) is 88.4 Å². The van der Waals surface area contributed by atoms with Crippen LogP contribution in [0.5, 0.6) is 0 Å². The Bertz CT molecular complexity index is 796. The maximum absolute atomic E-state index is 12.3. The number of amides is 1. The van der Waals surface area contributed by atoms with E-state index in [4.69, 9.17) is 9.26 Å². The fraction of sp³-hybridized carbons (Fsp3) is 0.526. The highest BCUT2D eigenvalue weighted by Gasteiger charge is 2.41. The lowest BCUT2D eigenvalue weighted by molar-refractivity contribution is 0.0158. The van der Waals surface area contributed by atoms with Crippen molar-refractivity contribution in [3.63, 3.8) is 0 Å². The van der Waals surface area contributed by atoms with Crippen molar-refractivity contribution in [3.8, 4) is 0 Å². The predicted octanol–water partition coefficient (Wildman–Crippen LogP) is 2.87. The first-order valence-electron chi connectivity index (χ1n) is 8.86. The third-order valence-electron chi connectivity index (χ3n) is 4.70. The highest BCUT2D eigenvalue weighted by atomic mass is 16.6. The first-order valence-corrected chi connectivity index (χ1v) is 8.86. The number of benzene rings is 1. The zero-order valence-electron chi connectivity index (χ0n) is 15.4. The van der Waals surface area contributed by atoms with Gasteiger partial charge in [-0.15, -0.1) is 0 Å². The van der Waals surface area contributed by atoms with Crippen LogP contribution in [-0.4, -0.2) is 39.8 Å². The molecule has 0 atom stereocenters. The SMILES string of the molecule is CC(C)(C)OC(=O)N1CCC(Cc2ccccc2)(c2noc(=O)[nH]2)CC1. The van der Waals surface area contributed by atoms with Crippen molar-refractivity contribution in [2.45, 2.75) is 51.0 Å². The van der Waals surface area contributed by atoms with Gasteiger partial charge in [-0.3, -0.25) is 9.51 Å². The lowest BCUT2D eigenvalue weighted by atomic mass is 9.73. The van der Waals surface area contributed by atoms with Gasteiger partial charge in [-0.1, -0.05) is 35.5 Å². The fourth-order valence-corrected chi connectivity index (χ4v) is 3.39. The summed E-state index contributed by atoms with van der Waals surface area (Å²) in [6, 6.07) is 10.1. The highest BCUT2D eigenvalue weighted by molar-refractivity contribution is 5.68. The first-order chi connectivity index (χ1) is 12.3. The molecule has 1 N–H and O–H groups in total. The summed E-state index contributed by atoms with van der Waals surface area (Å²) < 4.78 is 10.2. The maximum atomic E-state index is 12.3. The van der Waals surface area contributed by atoms with Crippen molar-refractivity contribution >= 4 is 6.09 Å². The average Bonchev–Trinajstić information content (AvgIpc) is 3.02. The minimum absolute atomic E-state index is 0.306. The van der Waals surface area contributed by atoms with Crippen molar-refractivity contribution in [3.05, 3.63) is 52.3 Å². The molecule has 1 fully saturated rings. The van der Waals surface area contributed by atoms with Crippen LogP contribution in [0.15, 0.2) is 39.6 Å². The summed E-state index contributed by atoms with van der Waals surface area (Å²) in [5, 5.41) is 3.96. The number of carbonyl (C=O) groups is 1. The molecule has 0 aliphatic carbocycles. The van der Waals surface area contributed by atoms with Crippen LogP contribution in [0.3, 0.4) is 0 Å². The zero-order valence-corrected chi connectivity index (χ0v) is 15.4. The van der Waals surface area contributed by atoms with E-state index in [2.05, 4.69) is 22.3 Å². The van der Waals surface area contributed by atoms with Crippen LogP contribution in [0.2, 0.25) is 0 Å². The molecule has 2 aromatic rings. The van der Waals surface area contributed by atoms with Crippen molar-refractivity contribution < 1.29 is 14.1 Å². The molecule has 1 aliphatic rings. The molecule has 0 spiro atoms. The molecule has 140 valence electrons. The van der Waals surface area contributed by atoms with Crippen LogP contribution in [0.1, 0.15) is 45.0 Å². The van der Waals surface area contributed by atoms with Gasteiger partial charge in [0.25, 0.3) is 0 Å². The Morgan fingerprint density at radius 3 is 2.46 bits per heavy atom. The lowest BCUT2D eigenvalue weighted by Gasteiger charge is -2.40. The molecule has 1 aliphatic heterocycles. The Hall–Kier alpha value is -2.57. The normalized spacial score (nSPS) is 17.1. The number of H-pyrrole nitrogens is 1. The van der Waals surface area contributed by atoms with E-state index in [9.17, 15) is 9.59 Å². The molecule has 0 saturated carbocycles. The summed E-state index contributed by atoms with van der Waals surface area (Å²) in [6.45, 7) is 6.64. The molecule has 2 heterocycles. The third kappa shape index (κ3) is 4.15. The minimum Gasteiger partial charge on any atom is -0.444 e. The molecule has 1 amide bonds. The molecule has 1 aromatic carbocycles.